The maximum absolute atomic E-state index is 11.4. The van der Waals surface area contributed by atoms with E-state index in [-0.39, 0.29) is 29.8 Å². The standard InChI is InChI=1S/C12H12N2O5/c1-2-19-12(16)5-9-8(7-15)3-4-11(14(17)18)10(9)6-13/h3-4,15H,2,5,7H2,1H3. The summed E-state index contributed by atoms with van der Waals surface area (Å²) in [6.45, 7) is 1.38. The molecule has 0 aliphatic heterocycles. The molecule has 0 atom stereocenters. The second-order valence-corrected chi connectivity index (χ2v) is 3.61. The molecule has 7 heteroatoms. The Labute approximate surface area is 109 Å². The van der Waals surface area contributed by atoms with Gasteiger partial charge in [0.05, 0.1) is 24.6 Å². The van der Waals surface area contributed by atoms with E-state index in [0.29, 0.717) is 5.56 Å². The average molecular weight is 264 g/mol. The molecule has 0 spiro atoms. The Morgan fingerprint density at radius 3 is 2.74 bits per heavy atom. The van der Waals surface area contributed by atoms with E-state index in [1.165, 1.54) is 6.07 Å². The molecular weight excluding hydrogens is 252 g/mol. The lowest BCUT2D eigenvalue weighted by atomic mass is 9.97. The number of carbonyl (C=O) groups excluding carboxylic acids is 1. The maximum atomic E-state index is 11.4. The Kier molecular flexibility index (Phi) is 4.97. The minimum Gasteiger partial charge on any atom is -0.466 e. The van der Waals surface area contributed by atoms with Crippen LogP contribution in [0.25, 0.3) is 0 Å². The molecule has 0 aliphatic rings. The topological polar surface area (TPSA) is 113 Å². The van der Waals surface area contributed by atoms with Crippen LogP contribution >= 0.6 is 0 Å². The molecule has 0 saturated heterocycles. The zero-order valence-corrected chi connectivity index (χ0v) is 10.3. The van der Waals surface area contributed by atoms with Crippen molar-refractivity contribution in [2.45, 2.75) is 20.0 Å². The van der Waals surface area contributed by atoms with Crippen molar-refractivity contribution in [3.63, 3.8) is 0 Å². The minimum absolute atomic E-state index is 0.137. The lowest BCUT2D eigenvalue weighted by Gasteiger charge is -2.09. The van der Waals surface area contributed by atoms with Gasteiger partial charge in [-0.15, -0.1) is 0 Å². The number of aliphatic hydroxyl groups excluding tert-OH is 1. The van der Waals surface area contributed by atoms with E-state index in [9.17, 15) is 20.0 Å². The van der Waals surface area contributed by atoms with Gasteiger partial charge in [0.2, 0.25) is 0 Å². The van der Waals surface area contributed by atoms with Crippen molar-refractivity contribution < 1.29 is 19.6 Å². The summed E-state index contributed by atoms with van der Waals surface area (Å²) in [6, 6.07) is 4.17. The smallest absolute Gasteiger partial charge is 0.310 e. The van der Waals surface area contributed by atoms with Gasteiger partial charge in [-0.1, -0.05) is 0 Å². The van der Waals surface area contributed by atoms with E-state index >= 15 is 0 Å². The fourth-order valence-corrected chi connectivity index (χ4v) is 1.66. The largest absolute Gasteiger partial charge is 0.466 e. The van der Waals surface area contributed by atoms with Crippen molar-refractivity contribution in [1.29, 1.82) is 5.26 Å². The molecule has 1 aromatic rings. The summed E-state index contributed by atoms with van der Waals surface area (Å²) in [5.74, 6) is -0.603. The number of ether oxygens (including phenoxy) is 1. The molecule has 0 saturated carbocycles. The number of carbonyl (C=O) groups is 1. The molecule has 0 aliphatic carbocycles. The molecule has 0 bridgehead atoms. The van der Waals surface area contributed by atoms with Crippen molar-refractivity contribution >= 4 is 11.7 Å². The summed E-state index contributed by atoms with van der Waals surface area (Å²) in [7, 11) is 0. The summed E-state index contributed by atoms with van der Waals surface area (Å²) in [5.41, 5.74) is -0.170. The highest BCUT2D eigenvalue weighted by Crippen LogP contribution is 2.25. The van der Waals surface area contributed by atoms with Gasteiger partial charge in [-0.25, -0.2) is 0 Å². The molecule has 0 fully saturated rings. The maximum Gasteiger partial charge on any atom is 0.310 e. The Balaban J connectivity index is 3.32. The van der Waals surface area contributed by atoms with Gasteiger partial charge in [0.1, 0.15) is 11.6 Å². The molecule has 100 valence electrons. The van der Waals surface area contributed by atoms with Gasteiger partial charge in [-0.05, 0) is 24.1 Å². The van der Waals surface area contributed by atoms with Crippen LogP contribution in [-0.4, -0.2) is 22.6 Å². The molecule has 19 heavy (non-hydrogen) atoms. The second-order valence-electron chi connectivity index (χ2n) is 3.61. The number of nitrogens with zero attached hydrogens (tertiary/aromatic N) is 2. The van der Waals surface area contributed by atoms with Crippen LogP contribution in [0.5, 0.6) is 0 Å². The second kappa shape index (κ2) is 6.47. The van der Waals surface area contributed by atoms with Gasteiger partial charge in [0, 0.05) is 6.07 Å². The van der Waals surface area contributed by atoms with Crippen LogP contribution in [0.3, 0.4) is 0 Å². The van der Waals surface area contributed by atoms with Crippen LogP contribution in [0.4, 0.5) is 5.69 Å². The summed E-state index contributed by atoms with van der Waals surface area (Å²) < 4.78 is 4.75. The van der Waals surface area contributed by atoms with E-state index in [1.54, 1.807) is 13.0 Å². The highest BCUT2D eigenvalue weighted by atomic mass is 16.6. The van der Waals surface area contributed by atoms with Gasteiger partial charge in [-0.2, -0.15) is 5.26 Å². The number of hydrogen-bond acceptors (Lipinski definition) is 6. The molecule has 1 rings (SSSR count). The monoisotopic (exact) mass is 264 g/mol. The van der Waals surface area contributed by atoms with Gasteiger partial charge >= 0.3 is 5.97 Å². The van der Waals surface area contributed by atoms with E-state index in [4.69, 9.17) is 10.00 Å². The predicted octanol–water partition coefficient (Wildman–Crippen LogP) is 1.06. The summed E-state index contributed by atoms with van der Waals surface area (Å²) in [6.07, 6.45) is -0.283. The van der Waals surface area contributed by atoms with Gasteiger partial charge in [-0.3, -0.25) is 14.9 Å². The first-order valence-electron chi connectivity index (χ1n) is 5.50. The van der Waals surface area contributed by atoms with Crippen LogP contribution in [0, 0.1) is 21.4 Å². The van der Waals surface area contributed by atoms with Gasteiger partial charge in [0.25, 0.3) is 5.69 Å². The van der Waals surface area contributed by atoms with Gasteiger partial charge in [0.15, 0.2) is 0 Å². The molecular formula is C12H12N2O5. The number of rotatable bonds is 5. The van der Waals surface area contributed by atoms with E-state index in [1.807, 2.05) is 0 Å². The summed E-state index contributed by atoms with van der Waals surface area (Å²) in [5, 5.41) is 29.0. The van der Waals surface area contributed by atoms with E-state index < -0.39 is 17.5 Å². The third-order valence-corrected chi connectivity index (χ3v) is 2.49. The number of esters is 1. The summed E-state index contributed by atoms with van der Waals surface area (Å²) in [4.78, 5) is 21.6. The lowest BCUT2D eigenvalue weighted by Crippen LogP contribution is -2.12. The van der Waals surface area contributed by atoms with Crippen LogP contribution in [-0.2, 0) is 22.6 Å². The number of aliphatic hydroxyl groups is 1. The Hall–Kier alpha value is -2.46. The fraction of sp³-hybridized carbons (Fsp3) is 0.333. The zero-order valence-electron chi connectivity index (χ0n) is 10.3. The van der Waals surface area contributed by atoms with Crippen LogP contribution in [0.2, 0.25) is 0 Å². The molecule has 7 nitrogen and oxygen atoms in total. The van der Waals surface area contributed by atoms with Crippen molar-refractivity contribution in [2.24, 2.45) is 0 Å². The van der Waals surface area contributed by atoms with Crippen LogP contribution in [0.1, 0.15) is 23.6 Å². The Morgan fingerprint density at radius 1 is 1.58 bits per heavy atom. The van der Waals surface area contributed by atoms with Crippen LogP contribution < -0.4 is 0 Å². The molecule has 0 radical (unpaired) electrons. The van der Waals surface area contributed by atoms with Gasteiger partial charge < -0.3 is 9.84 Å². The van der Waals surface area contributed by atoms with Crippen LogP contribution in [0.15, 0.2) is 12.1 Å². The molecule has 1 N–H and O–H groups in total. The van der Waals surface area contributed by atoms with Crippen molar-refractivity contribution in [2.75, 3.05) is 6.61 Å². The predicted molar refractivity (Wildman–Crippen MR) is 64.1 cm³/mol. The molecule has 0 unspecified atom stereocenters. The zero-order chi connectivity index (χ0) is 14.4. The van der Waals surface area contributed by atoms with E-state index in [2.05, 4.69) is 0 Å². The van der Waals surface area contributed by atoms with Crippen molar-refractivity contribution in [3.05, 3.63) is 38.9 Å². The molecule has 0 aromatic heterocycles. The van der Waals surface area contributed by atoms with E-state index in [0.717, 1.165) is 6.07 Å². The Morgan fingerprint density at radius 2 is 2.26 bits per heavy atom. The number of benzene rings is 1. The first kappa shape index (κ1) is 14.6. The summed E-state index contributed by atoms with van der Waals surface area (Å²) >= 11 is 0. The lowest BCUT2D eigenvalue weighted by molar-refractivity contribution is -0.385. The normalized spacial score (nSPS) is 9.74. The molecule has 1 aromatic carbocycles. The Bertz CT molecular complexity index is 548. The van der Waals surface area contributed by atoms with Crippen molar-refractivity contribution in [1.82, 2.24) is 0 Å². The first-order valence-corrected chi connectivity index (χ1v) is 5.50. The quantitative estimate of drug-likeness (QED) is 0.483. The molecule has 0 heterocycles. The SMILES string of the molecule is CCOC(=O)Cc1c(CO)ccc([N+](=O)[O-])c1C#N. The first-order chi connectivity index (χ1) is 9.04. The fourth-order valence-electron chi connectivity index (χ4n) is 1.66. The minimum atomic E-state index is -0.700. The highest BCUT2D eigenvalue weighted by molar-refractivity contribution is 5.75. The third-order valence-electron chi connectivity index (χ3n) is 2.49. The number of nitriles is 1. The number of nitro groups is 1. The van der Waals surface area contributed by atoms with Crippen molar-refractivity contribution in [3.8, 4) is 6.07 Å². The average Bonchev–Trinajstić information content (AvgIpc) is 2.38. The third kappa shape index (κ3) is 3.26. The number of nitro benzene ring substituents is 1. The molecule has 0 amide bonds. The number of hydrogen-bond donors (Lipinski definition) is 1. The highest BCUT2D eigenvalue weighted by Gasteiger charge is 2.22.